The molecule has 0 fully saturated rings. The second-order valence-corrected chi connectivity index (χ2v) is 4.01. The zero-order valence-electron chi connectivity index (χ0n) is 8.94. The summed E-state index contributed by atoms with van der Waals surface area (Å²) in [7, 11) is 0. The quantitative estimate of drug-likeness (QED) is 0.734. The van der Waals surface area contributed by atoms with Gasteiger partial charge in [0.05, 0.1) is 5.02 Å². The van der Waals surface area contributed by atoms with Crippen LogP contribution in [0.4, 0.5) is 8.78 Å². The average Bonchev–Trinajstić information content (AvgIpc) is 2.24. The fourth-order valence-electron chi connectivity index (χ4n) is 1.74. The third-order valence-electron chi connectivity index (χ3n) is 2.61. The Morgan fingerprint density at radius 1 is 1.31 bits per heavy atom. The molecule has 0 N–H and O–H groups in total. The highest BCUT2D eigenvalue weighted by Gasteiger charge is 2.13. The molecule has 0 unspecified atom stereocenters. The fraction of sp³-hybridized carbons (Fsp3) is 0.250. The molecular weight excluding hydrogens is 232 g/mol. The number of benzene rings is 1. The number of aryl methyl sites for hydroxylation is 1. The van der Waals surface area contributed by atoms with Gasteiger partial charge in [-0.15, -0.1) is 0 Å². The van der Waals surface area contributed by atoms with Gasteiger partial charge in [-0.25, -0.2) is 13.8 Å². The molecule has 0 atom stereocenters. The zero-order chi connectivity index (χ0) is 11.9. The van der Waals surface area contributed by atoms with Crippen molar-refractivity contribution in [1.29, 1.82) is 0 Å². The molecule has 1 nitrogen and oxygen atoms in total. The smallest absolute Gasteiger partial charge is 0.152 e. The second kappa shape index (κ2) is 3.98. The molecule has 1 aromatic carbocycles. The summed E-state index contributed by atoms with van der Waals surface area (Å²) < 4.78 is 26.6. The Kier molecular flexibility index (Phi) is 2.80. The third-order valence-corrected chi connectivity index (χ3v) is 3.10. The van der Waals surface area contributed by atoms with Crippen LogP contribution in [0.15, 0.2) is 12.1 Å². The van der Waals surface area contributed by atoms with E-state index in [4.69, 9.17) is 11.6 Å². The molecule has 0 aliphatic carbocycles. The van der Waals surface area contributed by atoms with Crippen LogP contribution in [0.1, 0.15) is 18.2 Å². The molecule has 0 aliphatic rings. The molecule has 0 bridgehead atoms. The standard InChI is InChI=1S/C12H10ClF2N/c1-3-10-6(2)11(13)8-4-7(14)5-9(15)12(8)16-10/h4-5H,3H2,1-2H3. The summed E-state index contributed by atoms with van der Waals surface area (Å²) in [4.78, 5) is 4.17. The maximum absolute atomic E-state index is 13.5. The maximum atomic E-state index is 13.5. The average molecular weight is 242 g/mol. The molecule has 16 heavy (non-hydrogen) atoms. The van der Waals surface area contributed by atoms with Gasteiger partial charge in [-0.2, -0.15) is 0 Å². The van der Waals surface area contributed by atoms with E-state index in [0.717, 1.165) is 17.3 Å². The third kappa shape index (κ3) is 1.65. The molecule has 2 rings (SSSR count). The highest BCUT2D eigenvalue weighted by molar-refractivity contribution is 6.36. The van der Waals surface area contributed by atoms with Crippen molar-refractivity contribution in [2.45, 2.75) is 20.3 Å². The van der Waals surface area contributed by atoms with Crippen LogP contribution in [-0.4, -0.2) is 4.98 Å². The van der Waals surface area contributed by atoms with Crippen molar-refractivity contribution in [2.24, 2.45) is 0 Å². The van der Waals surface area contributed by atoms with Crippen LogP contribution in [0, 0.1) is 18.6 Å². The normalized spacial score (nSPS) is 11.1. The lowest BCUT2D eigenvalue weighted by Gasteiger charge is -2.09. The molecule has 84 valence electrons. The largest absolute Gasteiger partial charge is 0.249 e. The summed E-state index contributed by atoms with van der Waals surface area (Å²) in [5.74, 6) is -1.32. The Hall–Kier alpha value is -1.22. The van der Waals surface area contributed by atoms with Crippen molar-refractivity contribution < 1.29 is 8.78 Å². The van der Waals surface area contributed by atoms with Crippen LogP contribution in [0.3, 0.4) is 0 Å². The lowest BCUT2D eigenvalue weighted by molar-refractivity contribution is 0.590. The van der Waals surface area contributed by atoms with E-state index in [1.54, 1.807) is 6.92 Å². The first-order chi connectivity index (χ1) is 7.54. The van der Waals surface area contributed by atoms with Gasteiger partial charge < -0.3 is 0 Å². The van der Waals surface area contributed by atoms with Gasteiger partial charge in [-0.3, -0.25) is 0 Å². The molecule has 2 aromatic rings. The number of aromatic nitrogens is 1. The van der Waals surface area contributed by atoms with E-state index >= 15 is 0 Å². The lowest BCUT2D eigenvalue weighted by atomic mass is 10.1. The van der Waals surface area contributed by atoms with Crippen LogP contribution in [0.2, 0.25) is 5.02 Å². The van der Waals surface area contributed by atoms with Gasteiger partial charge >= 0.3 is 0 Å². The van der Waals surface area contributed by atoms with E-state index in [9.17, 15) is 8.78 Å². The Balaban J connectivity index is 2.92. The highest BCUT2D eigenvalue weighted by atomic mass is 35.5. The lowest BCUT2D eigenvalue weighted by Crippen LogP contribution is -1.97. The Morgan fingerprint density at radius 2 is 2.00 bits per heavy atom. The minimum Gasteiger partial charge on any atom is -0.249 e. The van der Waals surface area contributed by atoms with E-state index in [-0.39, 0.29) is 5.52 Å². The second-order valence-electron chi connectivity index (χ2n) is 3.63. The van der Waals surface area contributed by atoms with Crippen molar-refractivity contribution in [3.8, 4) is 0 Å². The van der Waals surface area contributed by atoms with E-state index in [0.29, 0.717) is 16.8 Å². The highest BCUT2D eigenvalue weighted by Crippen LogP contribution is 2.30. The van der Waals surface area contributed by atoms with Crippen LogP contribution in [0.25, 0.3) is 10.9 Å². The number of hydrogen-bond donors (Lipinski definition) is 0. The van der Waals surface area contributed by atoms with Crippen molar-refractivity contribution in [3.63, 3.8) is 0 Å². The summed E-state index contributed by atoms with van der Waals surface area (Å²) in [6.45, 7) is 3.72. The van der Waals surface area contributed by atoms with E-state index < -0.39 is 11.6 Å². The Bertz CT molecular complexity index is 567. The van der Waals surface area contributed by atoms with Crippen LogP contribution in [0.5, 0.6) is 0 Å². The van der Waals surface area contributed by atoms with Gasteiger partial charge in [0.1, 0.15) is 11.3 Å². The predicted octanol–water partition coefficient (Wildman–Crippen LogP) is 4.04. The maximum Gasteiger partial charge on any atom is 0.152 e. The molecule has 0 amide bonds. The number of halogens is 3. The van der Waals surface area contributed by atoms with E-state index in [2.05, 4.69) is 4.98 Å². The summed E-state index contributed by atoms with van der Waals surface area (Å²) >= 11 is 6.08. The van der Waals surface area contributed by atoms with Gasteiger partial charge in [0, 0.05) is 17.1 Å². The van der Waals surface area contributed by atoms with Crippen molar-refractivity contribution in [1.82, 2.24) is 4.98 Å². The van der Waals surface area contributed by atoms with E-state index in [1.807, 2.05) is 6.92 Å². The van der Waals surface area contributed by atoms with Crippen LogP contribution in [-0.2, 0) is 6.42 Å². The van der Waals surface area contributed by atoms with Crippen LogP contribution >= 0.6 is 11.6 Å². The minimum absolute atomic E-state index is 0.133. The van der Waals surface area contributed by atoms with Crippen molar-refractivity contribution >= 4 is 22.5 Å². The summed E-state index contributed by atoms with van der Waals surface area (Å²) in [6, 6.07) is 2.03. The molecule has 0 saturated carbocycles. The van der Waals surface area contributed by atoms with Gasteiger partial charge in [-0.1, -0.05) is 18.5 Å². The summed E-state index contributed by atoms with van der Waals surface area (Å²) in [5, 5.41) is 0.703. The number of nitrogens with zero attached hydrogens (tertiary/aromatic N) is 1. The minimum atomic E-state index is -0.674. The predicted molar refractivity (Wildman–Crippen MR) is 60.8 cm³/mol. The molecule has 0 saturated heterocycles. The van der Waals surface area contributed by atoms with Crippen molar-refractivity contribution in [3.05, 3.63) is 40.0 Å². The van der Waals surface area contributed by atoms with Gasteiger partial charge in [0.15, 0.2) is 5.82 Å². The van der Waals surface area contributed by atoms with E-state index in [1.165, 1.54) is 6.07 Å². The first-order valence-electron chi connectivity index (χ1n) is 4.98. The van der Waals surface area contributed by atoms with Gasteiger partial charge in [0.2, 0.25) is 0 Å². The topological polar surface area (TPSA) is 12.9 Å². The Labute approximate surface area is 97.1 Å². The first-order valence-corrected chi connectivity index (χ1v) is 5.36. The fourth-order valence-corrected chi connectivity index (χ4v) is 1.99. The molecule has 1 aromatic heterocycles. The summed E-state index contributed by atoms with van der Waals surface area (Å²) in [6.07, 6.45) is 0.665. The van der Waals surface area contributed by atoms with Gasteiger partial charge in [-0.05, 0) is 25.0 Å². The van der Waals surface area contributed by atoms with Gasteiger partial charge in [0.25, 0.3) is 0 Å². The SMILES string of the molecule is CCc1nc2c(F)cc(F)cc2c(Cl)c1C. The van der Waals surface area contributed by atoms with Crippen LogP contribution < -0.4 is 0 Å². The number of pyridine rings is 1. The zero-order valence-corrected chi connectivity index (χ0v) is 9.70. The Morgan fingerprint density at radius 3 is 2.62 bits per heavy atom. The molecule has 0 spiro atoms. The number of rotatable bonds is 1. The molecule has 1 heterocycles. The molecule has 0 radical (unpaired) electrons. The first kappa shape index (κ1) is 11.3. The monoisotopic (exact) mass is 241 g/mol. The van der Waals surface area contributed by atoms with Crippen molar-refractivity contribution in [2.75, 3.05) is 0 Å². The molecule has 4 heteroatoms. The molecule has 0 aliphatic heterocycles. The molecular formula is C12H10ClF2N. The summed E-state index contributed by atoms with van der Waals surface area (Å²) in [5.41, 5.74) is 1.65. The number of fused-ring (bicyclic) bond motifs is 1. The number of hydrogen-bond acceptors (Lipinski definition) is 1.